The number of hydrogen-bond acceptors (Lipinski definition) is 3. The summed E-state index contributed by atoms with van der Waals surface area (Å²) >= 11 is 0. The summed E-state index contributed by atoms with van der Waals surface area (Å²) < 4.78 is 13.4. The number of aromatic carboxylic acids is 1. The molecule has 1 aliphatic carbocycles. The number of carbonyl (C=O) groups is 2. The lowest BCUT2D eigenvalue weighted by atomic mass is 10.1. The number of rotatable bonds is 4. The van der Waals surface area contributed by atoms with E-state index in [1.54, 1.807) is 0 Å². The smallest absolute Gasteiger partial charge is 0.340 e. The van der Waals surface area contributed by atoms with Gasteiger partial charge in [-0.3, -0.25) is 4.79 Å². The van der Waals surface area contributed by atoms with E-state index < -0.39 is 22.8 Å². The Bertz CT molecular complexity index is 512. The Morgan fingerprint density at radius 1 is 1.44 bits per heavy atom. The van der Waals surface area contributed by atoms with Crippen molar-refractivity contribution in [2.45, 2.75) is 12.8 Å². The van der Waals surface area contributed by atoms with Crippen molar-refractivity contribution in [1.29, 1.82) is 0 Å². The Morgan fingerprint density at radius 2 is 2.11 bits per heavy atom. The molecule has 1 saturated carbocycles. The predicted octanol–water partition coefficient (Wildman–Crippen LogP) is 1.20. The summed E-state index contributed by atoms with van der Waals surface area (Å²) in [7, 11) is 0. The third-order valence-electron chi connectivity index (χ3n) is 3.20. The molecular formula is C12H13FN2O3. The first-order chi connectivity index (χ1) is 8.50. The van der Waals surface area contributed by atoms with Gasteiger partial charge in [-0.15, -0.1) is 0 Å². The van der Waals surface area contributed by atoms with Gasteiger partial charge in [0.1, 0.15) is 11.4 Å². The van der Waals surface area contributed by atoms with Crippen molar-refractivity contribution in [2.75, 3.05) is 11.9 Å². The quantitative estimate of drug-likeness (QED) is 0.750. The van der Waals surface area contributed by atoms with Crippen molar-refractivity contribution in [3.8, 4) is 0 Å². The van der Waals surface area contributed by atoms with E-state index >= 15 is 0 Å². The molecule has 4 N–H and O–H groups in total. The molecule has 96 valence electrons. The second kappa shape index (κ2) is 4.38. The topological polar surface area (TPSA) is 92.4 Å². The lowest BCUT2D eigenvalue weighted by Gasteiger charge is -2.14. The maximum atomic E-state index is 13.4. The standard InChI is InChI=1S/C12H13FN2O3/c13-7-2-1-3-8(9(7)10(16)17)15-11(18)12(6-14)4-5-12/h1-3H,4-6,14H2,(H,15,18)(H,16,17). The van der Waals surface area contributed by atoms with Crippen molar-refractivity contribution in [2.24, 2.45) is 11.1 Å². The van der Waals surface area contributed by atoms with E-state index in [4.69, 9.17) is 10.8 Å². The van der Waals surface area contributed by atoms with Crippen molar-refractivity contribution in [3.63, 3.8) is 0 Å². The molecule has 1 aliphatic rings. The molecule has 18 heavy (non-hydrogen) atoms. The van der Waals surface area contributed by atoms with E-state index in [1.807, 2.05) is 0 Å². The fourth-order valence-electron chi connectivity index (χ4n) is 1.78. The van der Waals surface area contributed by atoms with Crippen LogP contribution in [0.3, 0.4) is 0 Å². The first kappa shape index (κ1) is 12.5. The van der Waals surface area contributed by atoms with Gasteiger partial charge >= 0.3 is 5.97 Å². The van der Waals surface area contributed by atoms with Crippen LogP contribution in [0.2, 0.25) is 0 Å². The lowest BCUT2D eigenvalue weighted by molar-refractivity contribution is -0.120. The summed E-state index contributed by atoms with van der Waals surface area (Å²) in [5.41, 5.74) is 4.33. The van der Waals surface area contributed by atoms with Gasteiger partial charge in [0.15, 0.2) is 0 Å². The summed E-state index contributed by atoms with van der Waals surface area (Å²) in [6, 6.07) is 3.74. The van der Waals surface area contributed by atoms with Crippen LogP contribution in [-0.4, -0.2) is 23.5 Å². The number of amides is 1. The van der Waals surface area contributed by atoms with Gasteiger partial charge in [-0.1, -0.05) is 6.07 Å². The average molecular weight is 252 g/mol. The average Bonchev–Trinajstić information content (AvgIpc) is 3.09. The summed E-state index contributed by atoms with van der Waals surface area (Å²) in [4.78, 5) is 22.9. The predicted molar refractivity (Wildman–Crippen MR) is 62.7 cm³/mol. The summed E-state index contributed by atoms with van der Waals surface area (Å²) in [5, 5.41) is 11.4. The van der Waals surface area contributed by atoms with Crippen LogP contribution in [0.5, 0.6) is 0 Å². The highest BCUT2D eigenvalue weighted by Gasteiger charge is 2.48. The fourth-order valence-corrected chi connectivity index (χ4v) is 1.78. The molecule has 0 radical (unpaired) electrons. The number of benzene rings is 1. The fraction of sp³-hybridized carbons (Fsp3) is 0.333. The highest BCUT2D eigenvalue weighted by atomic mass is 19.1. The molecule has 1 aromatic rings. The van der Waals surface area contributed by atoms with Crippen LogP contribution in [0, 0.1) is 11.2 Å². The zero-order valence-corrected chi connectivity index (χ0v) is 9.57. The normalized spacial score (nSPS) is 16.1. The van der Waals surface area contributed by atoms with E-state index in [2.05, 4.69) is 5.32 Å². The minimum atomic E-state index is -1.42. The van der Waals surface area contributed by atoms with Crippen LogP contribution in [0.15, 0.2) is 18.2 Å². The van der Waals surface area contributed by atoms with Crippen LogP contribution in [0.1, 0.15) is 23.2 Å². The molecule has 0 bridgehead atoms. The van der Waals surface area contributed by atoms with Crippen LogP contribution in [0.25, 0.3) is 0 Å². The molecular weight excluding hydrogens is 239 g/mol. The van der Waals surface area contributed by atoms with Gasteiger partial charge in [-0.2, -0.15) is 0 Å². The van der Waals surface area contributed by atoms with Crippen LogP contribution >= 0.6 is 0 Å². The van der Waals surface area contributed by atoms with Crippen molar-refractivity contribution >= 4 is 17.6 Å². The number of carboxylic acids is 1. The molecule has 0 unspecified atom stereocenters. The van der Waals surface area contributed by atoms with Crippen LogP contribution < -0.4 is 11.1 Å². The first-order valence-electron chi connectivity index (χ1n) is 5.53. The van der Waals surface area contributed by atoms with E-state index in [-0.39, 0.29) is 18.1 Å². The van der Waals surface area contributed by atoms with E-state index in [0.29, 0.717) is 12.8 Å². The zero-order valence-electron chi connectivity index (χ0n) is 9.57. The largest absolute Gasteiger partial charge is 0.478 e. The minimum absolute atomic E-state index is 0.0350. The Kier molecular flexibility index (Phi) is 3.04. The van der Waals surface area contributed by atoms with Gasteiger partial charge in [0.25, 0.3) is 0 Å². The highest BCUT2D eigenvalue weighted by Crippen LogP contribution is 2.45. The second-order valence-electron chi connectivity index (χ2n) is 4.41. The van der Waals surface area contributed by atoms with Gasteiger partial charge in [0.05, 0.1) is 11.1 Å². The number of nitrogens with one attached hydrogen (secondary N) is 1. The van der Waals surface area contributed by atoms with Crippen molar-refractivity contribution in [3.05, 3.63) is 29.6 Å². The van der Waals surface area contributed by atoms with Gasteiger partial charge in [0.2, 0.25) is 5.91 Å². The van der Waals surface area contributed by atoms with Crippen molar-refractivity contribution < 1.29 is 19.1 Å². The number of hydrogen-bond donors (Lipinski definition) is 3. The van der Waals surface area contributed by atoms with Crippen molar-refractivity contribution in [1.82, 2.24) is 0 Å². The van der Waals surface area contributed by atoms with Gasteiger partial charge < -0.3 is 16.2 Å². The Labute approximate surface area is 103 Å². The number of nitrogens with two attached hydrogens (primary N) is 1. The van der Waals surface area contributed by atoms with E-state index in [1.165, 1.54) is 12.1 Å². The molecule has 0 saturated heterocycles. The monoisotopic (exact) mass is 252 g/mol. The molecule has 0 atom stereocenters. The zero-order chi connectivity index (χ0) is 13.3. The highest BCUT2D eigenvalue weighted by molar-refractivity contribution is 6.03. The Balaban J connectivity index is 2.27. The molecule has 2 rings (SSSR count). The Morgan fingerprint density at radius 3 is 2.61 bits per heavy atom. The van der Waals surface area contributed by atoms with E-state index in [0.717, 1.165) is 6.07 Å². The molecule has 1 amide bonds. The SMILES string of the molecule is NCC1(C(=O)Nc2cccc(F)c2C(=O)O)CC1. The third-order valence-corrected chi connectivity index (χ3v) is 3.20. The molecule has 5 nitrogen and oxygen atoms in total. The van der Waals surface area contributed by atoms with Gasteiger partial charge in [0, 0.05) is 6.54 Å². The molecule has 1 fully saturated rings. The third kappa shape index (κ3) is 2.06. The van der Waals surface area contributed by atoms with E-state index in [9.17, 15) is 14.0 Å². The summed E-state index contributed by atoms with van der Waals surface area (Å²) in [6.45, 7) is 0.205. The molecule has 0 spiro atoms. The van der Waals surface area contributed by atoms with Gasteiger partial charge in [-0.05, 0) is 25.0 Å². The number of anilines is 1. The van der Waals surface area contributed by atoms with Crippen LogP contribution in [0.4, 0.5) is 10.1 Å². The molecule has 0 heterocycles. The Hall–Kier alpha value is -1.95. The minimum Gasteiger partial charge on any atom is -0.478 e. The second-order valence-corrected chi connectivity index (χ2v) is 4.41. The maximum Gasteiger partial charge on any atom is 0.340 e. The molecule has 0 aliphatic heterocycles. The maximum absolute atomic E-state index is 13.4. The summed E-state index contributed by atoms with van der Waals surface area (Å²) in [6.07, 6.45) is 1.35. The molecule has 1 aromatic carbocycles. The van der Waals surface area contributed by atoms with Crippen LogP contribution in [-0.2, 0) is 4.79 Å². The molecule has 0 aromatic heterocycles. The molecule has 6 heteroatoms. The number of halogens is 1. The lowest BCUT2D eigenvalue weighted by Crippen LogP contribution is -2.31. The summed E-state index contributed by atoms with van der Waals surface area (Å²) in [5.74, 6) is -2.64. The van der Waals surface area contributed by atoms with Gasteiger partial charge in [-0.25, -0.2) is 9.18 Å². The number of carboxylic acid groups (broad SMARTS) is 1. The number of carbonyl (C=O) groups excluding carboxylic acids is 1. The first-order valence-corrected chi connectivity index (χ1v) is 5.53.